The predicted octanol–water partition coefficient (Wildman–Crippen LogP) is 1.85. The van der Waals surface area contributed by atoms with Crippen molar-refractivity contribution < 1.29 is 18.3 Å². The van der Waals surface area contributed by atoms with Crippen LogP contribution in [0.1, 0.15) is 0 Å². The zero-order valence-electron chi connectivity index (χ0n) is 9.60. The van der Waals surface area contributed by atoms with Crippen molar-refractivity contribution in [2.24, 2.45) is 0 Å². The average molecular weight is 339 g/mol. The molecule has 0 aliphatic heterocycles. The maximum absolute atomic E-state index is 12.6. The molecule has 0 saturated heterocycles. The molecule has 0 unspecified atom stereocenters. The van der Waals surface area contributed by atoms with Crippen LogP contribution >= 0.6 is 15.9 Å². The van der Waals surface area contributed by atoms with Crippen molar-refractivity contribution >= 4 is 27.4 Å². The topological polar surface area (TPSA) is 53.7 Å². The van der Waals surface area contributed by atoms with Crippen LogP contribution < -0.4 is 4.90 Å². The average Bonchev–Trinajstić information content (AvgIpc) is 2.73. The summed E-state index contributed by atoms with van der Waals surface area (Å²) in [6, 6.07) is 0. The maximum atomic E-state index is 12.6. The zero-order valence-corrected chi connectivity index (χ0v) is 11.2. The first-order valence-corrected chi connectivity index (χ1v) is 6.12. The van der Waals surface area contributed by atoms with Gasteiger partial charge in [-0.15, -0.1) is 0 Å². The van der Waals surface area contributed by atoms with Crippen LogP contribution in [-0.4, -0.2) is 45.3 Å². The van der Waals surface area contributed by atoms with Crippen LogP contribution in [0.5, 0.6) is 0 Å². The molecule has 2 aromatic heterocycles. The van der Waals surface area contributed by atoms with Crippen LogP contribution in [0.3, 0.4) is 0 Å². The largest absolute Gasteiger partial charge is 0.405 e. The number of aliphatic hydroxyl groups is 1. The lowest BCUT2D eigenvalue weighted by atomic mass is 10.4. The van der Waals surface area contributed by atoms with E-state index in [-0.39, 0.29) is 12.4 Å². The summed E-state index contributed by atoms with van der Waals surface area (Å²) in [5.74, 6) is 0.0748. The third-order valence-corrected chi connectivity index (χ3v) is 2.75. The Hall–Kier alpha value is -1.35. The van der Waals surface area contributed by atoms with Crippen LogP contribution in [-0.2, 0) is 0 Å². The van der Waals surface area contributed by atoms with Crippen LogP contribution in [0.4, 0.5) is 19.0 Å². The smallest absolute Gasteiger partial charge is 0.395 e. The second-order valence-electron chi connectivity index (χ2n) is 3.81. The molecule has 0 fully saturated rings. The van der Waals surface area contributed by atoms with Gasteiger partial charge in [0.25, 0.3) is 0 Å². The first kappa shape index (κ1) is 14.1. The molecule has 0 aromatic carbocycles. The highest BCUT2D eigenvalue weighted by atomic mass is 79.9. The molecular formula is C10H10BrF3N4O. The Balaban J connectivity index is 2.45. The summed E-state index contributed by atoms with van der Waals surface area (Å²) in [5, 5.41) is 8.91. The fourth-order valence-electron chi connectivity index (χ4n) is 1.69. The number of halogens is 4. The summed E-state index contributed by atoms with van der Waals surface area (Å²) in [5.41, 5.74) is 0.306. The lowest BCUT2D eigenvalue weighted by Crippen LogP contribution is -2.37. The summed E-state index contributed by atoms with van der Waals surface area (Å²) < 4.78 is 39.6. The molecule has 0 radical (unpaired) electrons. The summed E-state index contributed by atoms with van der Waals surface area (Å²) in [7, 11) is 0. The van der Waals surface area contributed by atoms with E-state index in [0.717, 1.165) is 4.90 Å². The van der Waals surface area contributed by atoms with E-state index in [1.54, 1.807) is 16.8 Å². The second-order valence-corrected chi connectivity index (χ2v) is 4.62. The van der Waals surface area contributed by atoms with Crippen molar-refractivity contribution in [2.75, 3.05) is 24.6 Å². The van der Waals surface area contributed by atoms with Gasteiger partial charge in [0.15, 0.2) is 11.5 Å². The number of hydrogen-bond acceptors (Lipinski definition) is 4. The SMILES string of the molecule is OCCN(CC(F)(F)F)c1nc(Br)cn2ccnc12. The molecule has 2 heterocycles. The third kappa shape index (κ3) is 3.35. The lowest BCUT2D eigenvalue weighted by molar-refractivity contribution is -0.119. The van der Waals surface area contributed by atoms with Gasteiger partial charge in [-0.1, -0.05) is 0 Å². The Morgan fingerprint density at radius 2 is 2.16 bits per heavy atom. The highest BCUT2D eigenvalue weighted by Crippen LogP contribution is 2.25. The minimum Gasteiger partial charge on any atom is -0.395 e. The van der Waals surface area contributed by atoms with Crippen molar-refractivity contribution in [3.63, 3.8) is 0 Å². The van der Waals surface area contributed by atoms with Crippen LogP contribution in [0.2, 0.25) is 0 Å². The Bertz CT molecular complexity index is 571. The van der Waals surface area contributed by atoms with E-state index >= 15 is 0 Å². The third-order valence-electron chi connectivity index (χ3n) is 2.37. The van der Waals surface area contributed by atoms with Gasteiger partial charge in [0.1, 0.15) is 11.1 Å². The van der Waals surface area contributed by atoms with Crippen molar-refractivity contribution in [3.8, 4) is 0 Å². The molecule has 0 saturated carbocycles. The van der Waals surface area contributed by atoms with E-state index in [4.69, 9.17) is 5.11 Å². The monoisotopic (exact) mass is 338 g/mol. The normalized spacial score (nSPS) is 12.1. The van der Waals surface area contributed by atoms with Gasteiger partial charge in [-0.2, -0.15) is 13.2 Å². The summed E-state index contributed by atoms with van der Waals surface area (Å²) in [6.07, 6.45) is 0.285. The van der Waals surface area contributed by atoms with Gasteiger partial charge >= 0.3 is 6.18 Å². The molecular weight excluding hydrogens is 329 g/mol. The molecule has 0 spiro atoms. The molecule has 5 nitrogen and oxygen atoms in total. The standard InChI is InChI=1S/C10H10BrF3N4O/c11-7-5-17-2-1-15-8(17)9(16-7)18(3-4-19)6-10(12,13)14/h1-2,5,19H,3-4,6H2. The predicted molar refractivity (Wildman–Crippen MR) is 66.0 cm³/mol. The van der Waals surface area contributed by atoms with Crippen LogP contribution in [0.25, 0.3) is 5.65 Å². The number of fused-ring (bicyclic) bond motifs is 1. The molecule has 1 N–H and O–H groups in total. The molecule has 0 aliphatic carbocycles. The van der Waals surface area contributed by atoms with Crippen molar-refractivity contribution in [2.45, 2.75) is 6.18 Å². The lowest BCUT2D eigenvalue weighted by Gasteiger charge is -2.24. The van der Waals surface area contributed by atoms with Gasteiger partial charge in [0.05, 0.1) is 6.61 Å². The Morgan fingerprint density at radius 1 is 1.42 bits per heavy atom. The fourth-order valence-corrected chi connectivity index (χ4v) is 2.08. The fraction of sp³-hybridized carbons (Fsp3) is 0.400. The van der Waals surface area contributed by atoms with Gasteiger partial charge in [-0.3, -0.25) is 0 Å². The van der Waals surface area contributed by atoms with Gasteiger partial charge in [-0.05, 0) is 15.9 Å². The summed E-state index contributed by atoms with van der Waals surface area (Å²) >= 11 is 3.14. The van der Waals surface area contributed by atoms with Gasteiger partial charge in [0, 0.05) is 25.1 Å². The number of anilines is 1. The Morgan fingerprint density at radius 3 is 2.79 bits per heavy atom. The zero-order chi connectivity index (χ0) is 14.0. The maximum Gasteiger partial charge on any atom is 0.405 e. The number of aliphatic hydroxyl groups excluding tert-OH is 1. The van der Waals surface area contributed by atoms with Crippen molar-refractivity contribution in [3.05, 3.63) is 23.2 Å². The van der Waals surface area contributed by atoms with E-state index in [9.17, 15) is 13.2 Å². The number of hydrogen-bond donors (Lipinski definition) is 1. The number of alkyl halides is 3. The molecule has 2 aromatic rings. The molecule has 0 amide bonds. The molecule has 0 aliphatic rings. The van der Waals surface area contributed by atoms with E-state index < -0.39 is 19.3 Å². The van der Waals surface area contributed by atoms with Crippen molar-refractivity contribution in [1.82, 2.24) is 14.4 Å². The first-order chi connectivity index (χ1) is 8.90. The minimum atomic E-state index is -4.39. The highest BCUT2D eigenvalue weighted by molar-refractivity contribution is 9.10. The first-order valence-electron chi connectivity index (χ1n) is 5.32. The van der Waals surface area contributed by atoms with E-state index in [0.29, 0.717) is 10.3 Å². The molecule has 9 heteroatoms. The molecule has 2 rings (SSSR count). The van der Waals surface area contributed by atoms with E-state index in [1.807, 2.05) is 0 Å². The highest BCUT2D eigenvalue weighted by Gasteiger charge is 2.32. The molecule has 104 valence electrons. The second kappa shape index (κ2) is 5.33. The van der Waals surface area contributed by atoms with Gasteiger partial charge < -0.3 is 14.4 Å². The number of nitrogens with zero attached hydrogens (tertiary/aromatic N) is 4. The van der Waals surface area contributed by atoms with E-state index in [2.05, 4.69) is 25.9 Å². The molecule has 0 atom stereocenters. The Kier molecular flexibility index (Phi) is 3.95. The van der Waals surface area contributed by atoms with E-state index in [1.165, 1.54) is 6.20 Å². The number of rotatable bonds is 4. The quantitative estimate of drug-likeness (QED) is 0.924. The van der Waals surface area contributed by atoms with Gasteiger partial charge in [0.2, 0.25) is 0 Å². The number of imidazole rings is 1. The summed E-state index contributed by atoms with van der Waals surface area (Å²) in [4.78, 5) is 8.96. The molecule has 19 heavy (non-hydrogen) atoms. The minimum absolute atomic E-state index is 0.0748. The van der Waals surface area contributed by atoms with Crippen molar-refractivity contribution in [1.29, 1.82) is 0 Å². The van der Waals surface area contributed by atoms with Gasteiger partial charge in [-0.25, -0.2) is 9.97 Å². The van der Waals surface area contributed by atoms with Crippen LogP contribution in [0, 0.1) is 0 Å². The number of aromatic nitrogens is 3. The Labute approximate surface area is 114 Å². The van der Waals surface area contributed by atoms with Crippen LogP contribution in [0.15, 0.2) is 23.2 Å². The summed E-state index contributed by atoms with van der Waals surface area (Å²) in [6.45, 7) is -1.78. The molecule has 0 bridgehead atoms.